The van der Waals surface area contributed by atoms with E-state index >= 15 is 0 Å². The van der Waals surface area contributed by atoms with E-state index in [0.29, 0.717) is 6.61 Å². The van der Waals surface area contributed by atoms with E-state index in [1.165, 1.54) is 0 Å². The molecule has 4 nitrogen and oxygen atoms in total. The SMILES string of the molecule is Bc1ccc2c(c1)[C@@]1(COC(N)=N1)c1cc(I)ccc1O2. The van der Waals surface area contributed by atoms with Gasteiger partial charge in [-0.15, -0.1) is 0 Å². The Morgan fingerprint density at radius 1 is 1.14 bits per heavy atom. The second-order valence-electron chi connectivity index (χ2n) is 5.34. The lowest BCUT2D eigenvalue weighted by Gasteiger charge is -2.33. The Bertz CT molecular complexity index is 740. The average Bonchev–Trinajstić information content (AvgIpc) is 2.84. The third-order valence-corrected chi connectivity index (χ3v) is 4.59. The van der Waals surface area contributed by atoms with Gasteiger partial charge in [0.2, 0.25) is 0 Å². The van der Waals surface area contributed by atoms with Gasteiger partial charge in [0.25, 0.3) is 6.02 Å². The fourth-order valence-electron chi connectivity index (χ4n) is 2.94. The number of amidine groups is 1. The van der Waals surface area contributed by atoms with Crippen LogP contribution in [0.5, 0.6) is 11.5 Å². The minimum absolute atomic E-state index is 0.231. The van der Waals surface area contributed by atoms with Crippen LogP contribution >= 0.6 is 22.6 Å². The summed E-state index contributed by atoms with van der Waals surface area (Å²) in [4.78, 5) is 4.63. The fourth-order valence-corrected chi connectivity index (χ4v) is 3.43. The average molecular weight is 390 g/mol. The molecule has 0 aromatic heterocycles. The van der Waals surface area contributed by atoms with Crippen molar-refractivity contribution in [3.8, 4) is 11.5 Å². The Morgan fingerprint density at radius 3 is 2.57 bits per heavy atom. The lowest BCUT2D eigenvalue weighted by atomic mass is 9.79. The second-order valence-corrected chi connectivity index (χ2v) is 6.59. The Morgan fingerprint density at radius 2 is 1.86 bits per heavy atom. The zero-order chi connectivity index (χ0) is 14.6. The summed E-state index contributed by atoms with van der Waals surface area (Å²) in [5.41, 5.74) is 8.40. The molecule has 0 unspecified atom stereocenters. The highest BCUT2D eigenvalue weighted by Crippen LogP contribution is 2.50. The predicted octanol–water partition coefficient (Wildman–Crippen LogP) is 1.24. The van der Waals surface area contributed by atoms with Crippen LogP contribution in [-0.4, -0.2) is 20.5 Å². The van der Waals surface area contributed by atoms with Gasteiger partial charge in [-0.05, 0) is 46.9 Å². The lowest BCUT2D eigenvalue weighted by molar-refractivity contribution is 0.264. The number of halogens is 1. The van der Waals surface area contributed by atoms with Gasteiger partial charge >= 0.3 is 0 Å². The normalized spacial score (nSPS) is 22.0. The highest BCUT2D eigenvalue weighted by molar-refractivity contribution is 14.1. The molecule has 104 valence electrons. The van der Waals surface area contributed by atoms with Crippen molar-refractivity contribution in [2.45, 2.75) is 5.54 Å². The van der Waals surface area contributed by atoms with Crippen molar-refractivity contribution in [1.29, 1.82) is 0 Å². The van der Waals surface area contributed by atoms with Crippen molar-refractivity contribution in [3.63, 3.8) is 0 Å². The van der Waals surface area contributed by atoms with Crippen molar-refractivity contribution < 1.29 is 9.47 Å². The molecule has 0 amide bonds. The molecule has 0 bridgehead atoms. The van der Waals surface area contributed by atoms with E-state index < -0.39 is 5.54 Å². The molecule has 4 rings (SSSR count). The van der Waals surface area contributed by atoms with E-state index in [0.717, 1.165) is 31.7 Å². The van der Waals surface area contributed by atoms with Crippen LogP contribution in [0.3, 0.4) is 0 Å². The van der Waals surface area contributed by atoms with E-state index in [9.17, 15) is 0 Å². The molecule has 0 saturated carbocycles. The summed E-state index contributed by atoms with van der Waals surface area (Å²) in [7, 11) is 2.06. The molecule has 2 aromatic carbocycles. The summed E-state index contributed by atoms with van der Waals surface area (Å²) >= 11 is 2.29. The van der Waals surface area contributed by atoms with Gasteiger partial charge in [-0.3, -0.25) is 0 Å². The minimum atomic E-state index is -0.597. The molecule has 1 spiro atoms. The molecule has 6 heteroatoms. The number of ether oxygens (including phenoxy) is 2. The van der Waals surface area contributed by atoms with Crippen LogP contribution in [0.1, 0.15) is 11.1 Å². The molecular formula is C15H12BIN2O2. The topological polar surface area (TPSA) is 56.8 Å². The number of benzene rings is 2. The first kappa shape index (κ1) is 13.0. The smallest absolute Gasteiger partial charge is 0.283 e. The van der Waals surface area contributed by atoms with E-state index in [-0.39, 0.29) is 6.02 Å². The van der Waals surface area contributed by atoms with Crippen LogP contribution in [0.15, 0.2) is 41.4 Å². The number of hydrogen-bond donors (Lipinski definition) is 1. The number of nitrogens with two attached hydrogens (primary N) is 1. The summed E-state index contributed by atoms with van der Waals surface area (Å²) in [6.45, 7) is 0.408. The molecule has 2 aliphatic rings. The quantitative estimate of drug-likeness (QED) is 0.545. The van der Waals surface area contributed by atoms with Crippen LogP contribution in [-0.2, 0) is 10.3 Å². The van der Waals surface area contributed by atoms with E-state index in [1.54, 1.807) is 0 Å². The van der Waals surface area contributed by atoms with Crippen molar-refractivity contribution >= 4 is 41.9 Å². The number of fused-ring (bicyclic) bond motifs is 4. The van der Waals surface area contributed by atoms with Crippen LogP contribution in [0.4, 0.5) is 0 Å². The van der Waals surface area contributed by atoms with Gasteiger partial charge in [0.05, 0.1) is 0 Å². The van der Waals surface area contributed by atoms with Gasteiger partial charge in [0, 0.05) is 14.7 Å². The molecule has 0 aliphatic carbocycles. The Balaban J connectivity index is 2.05. The van der Waals surface area contributed by atoms with Gasteiger partial charge in [-0.25, -0.2) is 4.99 Å². The first-order chi connectivity index (χ1) is 10.1. The van der Waals surface area contributed by atoms with Crippen LogP contribution < -0.4 is 15.9 Å². The fraction of sp³-hybridized carbons (Fsp3) is 0.133. The number of rotatable bonds is 0. The van der Waals surface area contributed by atoms with Crippen molar-refractivity contribution in [3.05, 3.63) is 51.1 Å². The van der Waals surface area contributed by atoms with E-state index in [2.05, 4.69) is 47.6 Å². The second kappa shape index (κ2) is 4.40. The third-order valence-electron chi connectivity index (χ3n) is 3.92. The van der Waals surface area contributed by atoms with Crippen molar-refractivity contribution in [1.82, 2.24) is 0 Å². The first-order valence-corrected chi connectivity index (χ1v) is 7.73. The molecular weight excluding hydrogens is 378 g/mol. The first-order valence-electron chi connectivity index (χ1n) is 6.66. The predicted molar refractivity (Wildman–Crippen MR) is 92.2 cm³/mol. The summed E-state index contributed by atoms with van der Waals surface area (Å²) in [6.07, 6.45) is 0. The van der Waals surface area contributed by atoms with Gasteiger partial charge < -0.3 is 15.2 Å². The Kier molecular flexibility index (Phi) is 2.72. The van der Waals surface area contributed by atoms with Crippen LogP contribution in [0.25, 0.3) is 0 Å². The van der Waals surface area contributed by atoms with Gasteiger partial charge in [-0.1, -0.05) is 17.6 Å². The van der Waals surface area contributed by atoms with Gasteiger partial charge in [0.15, 0.2) is 5.54 Å². The molecule has 1 atom stereocenters. The molecule has 2 heterocycles. The Labute approximate surface area is 136 Å². The van der Waals surface area contributed by atoms with Crippen LogP contribution in [0.2, 0.25) is 0 Å². The largest absolute Gasteiger partial charge is 0.462 e. The van der Waals surface area contributed by atoms with Gasteiger partial charge in [-0.2, -0.15) is 0 Å². The third kappa shape index (κ3) is 1.85. The summed E-state index contributed by atoms with van der Waals surface area (Å²) < 4.78 is 12.7. The number of hydrogen-bond acceptors (Lipinski definition) is 4. The van der Waals surface area contributed by atoms with E-state index in [1.807, 2.05) is 24.3 Å². The molecule has 21 heavy (non-hydrogen) atoms. The Hall–Kier alpha value is -1.70. The van der Waals surface area contributed by atoms with Crippen molar-refractivity contribution in [2.24, 2.45) is 10.7 Å². The zero-order valence-electron chi connectivity index (χ0n) is 11.4. The summed E-state index contributed by atoms with van der Waals surface area (Å²) in [5.74, 6) is 1.63. The lowest BCUT2D eigenvalue weighted by Crippen LogP contribution is -2.32. The zero-order valence-corrected chi connectivity index (χ0v) is 13.5. The molecule has 0 saturated heterocycles. The summed E-state index contributed by atoms with van der Waals surface area (Å²) in [5, 5.41) is 0. The number of aliphatic imine (C=N–C) groups is 1. The van der Waals surface area contributed by atoms with Crippen LogP contribution in [0, 0.1) is 3.57 Å². The highest BCUT2D eigenvalue weighted by atomic mass is 127. The maximum absolute atomic E-state index is 6.04. The molecule has 0 radical (unpaired) electrons. The van der Waals surface area contributed by atoms with Gasteiger partial charge in [0.1, 0.15) is 26.0 Å². The molecule has 2 aliphatic heterocycles. The van der Waals surface area contributed by atoms with E-state index in [4.69, 9.17) is 15.2 Å². The monoisotopic (exact) mass is 390 g/mol. The molecule has 0 fully saturated rings. The number of nitrogens with zero attached hydrogens (tertiary/aromatic N) is 1. The molecule has 2 aromatic rings. The summed E-state index contributed by atoms with van der Waals surface area (Å²) in [6, 6.07) is 12.4. The minimum Gasteiger partial charge on any atom is -0.462 e. The molecule has 2 N–H and O–H groups in total. The van der Waals surface area contributed by atoms with Crippen molar-refractivity contribution in [2.75, 3.05) is 6.61 Å². The maximum atomic E-state index is 6.04. The standard InChI is InChI=1S/C15H12BIN2O2/c16-8-1-3-12-10(5-8)15(7-20-14(18)19-15)11-6-9(17)2-4-13(11)21-12/h1-6H,7,16H2,(H2,18,19)/t15-/m0/s1. The highest BCUT2D eigenvalue weighted by Gasteiger charge is 2.46. The maximum Gasteiger partial charge on any atom is 0.283 e.